The van der Waals surface area contributed by atoms with E-state index in [1.54, 1.807) is 0 Å². The van der Waals surface area contributed by atoms with E-state index in [1.165, 1.54) is 28.2 Å². The van der Waals surface area contributed by atoms with Crippen molar-refractivity contribution in [1.29, 1.82) is 5.26 Å². The Kier molecular flexibility index (Phi) is 2.99. The smallest absolute Gasteiger partial charge is 0.118 e. The molecule has 0 aliphatic heterocycles. The van der Waals surface area contributed by atoms with E-state index in [1.807, 2.05) is 11.3 Å². The van der Waals surface area contributed by atoms with Gasteiger partial charge in [0.25, 0.3) is 0 Å². The van der Waals surface area contributed by atoms with Crippen LogP contribution in [0.4, 0.5) is 0 Å². The predicted molar refractivity (Wildman–Crippen MR) is 79.0 cm³/mol. The molecule has 0 unspecified atom stereocenters. The van der Waals surface area contributed by atoms with E-state index in [9.17, 15) is 5.26 Å². The van der Waals surface area contributed by atoms with Crippen LogP contribution in [0.5, 0.6) is 0 Å². The molecule has 2 aromatic rings. The molecule has 2 aromatic heterocycles. The molecule has 0 fully saturated rings. The topological polar surface area (TPSA) is 28.7 Å². The minimum absolute atomic E-state index is 0.748. The molecule has 2 heterocycles. The molecule has 3 heteroatoms. The molecule has 1 aliphatic rings. The maximum absolute atomic E-state index is 9.55. The van der Waals surface area contributed by atoms with Crippen molar-refractivity contribution in [1.82, 2.24) is 4.57 Å². The molecule has 1 aliphatic carbocycles. The van der Waals surface area contributed by atoms with Crippen LogP contribution in [0, 0.1) is 31.1 Å². The summed E-state index contributed by atoms with van der Waals surface area (Å²) in [5.41, 5.74) is 4.64. The van der Waals surface area contributed by atoms with Gasteiger partial charge >= 0.3 is 0 Å². The summed E-state index contributed by atoms with van der Waals surface area (Å²) in [6.45, 7) is 6.52. The third kappa shape index (κ3) is 1.91. The fourth-order valence-corrected chi connectivity index (χ4v) is 4.58. The molecule has 0 aromatic carbocycles. The first-order chi connectivity index (χ1) is 9.11. The van der Waals surface area contributed by atoms with E-state index < -0.39 is 0 Å². The number of thiophene rings is 1. The fourth-order valence-electron chi connectivity index (χ4n) is 3.00. The number of hydrogen-bond acceptors (Lipinski definition) is 2. The molecule has 3 rings (SSSR count). The molecule has 0 spiro atoms. The molecular weight excluding hydrogens is 252 g/mol. The molecule has 0 saturated heterocycles. The van der Waals surface area contributed by atoms with Gasteiger partial charge in [-0.15, -0.1) is 11.3 Å². The van der Waals surface area contributed by atoms with E-state index in [4.69, 9.17) is 0 Å². The normalized spacial score (nSPS) is 18.1. The zero-order valence-corrected chi connectivity index (χ0v) is 12.5. The van der Waals surface area contributed by atoms with Crippen molar-refractivity contribution in [2.75, 3.05) is 0 Å². The lowest BCUT2D eigenvalue weighted by atomic mass is 9.88. The van der Waals surface area contributed by atoms with Crippen molar-refractivity contribution >= 4 is 11.3 Å². The molecule has 19 heavy (non-hydrogen) atoms. The standard InChI is InChI=1S/C16H18N2S/c1-10-4-7-13-14(9-17)16(19-15(13)8-10)18-11(2)5-6-12(18)3/h5-6,10H,4,7-8H2,1-3H3/t10-/m0/s1. The van der Waals surface area contributed by atoms with E-state index in [0.717, 1.165) is 29.3 Å². The number of rotatable bonds is 1. The summed E-state index contributed by atoms with van der Waals surface area (Å²) in [6.07, 6.45) is 3.41. The minimum atomic E-state index is 0.748. The van der Waals surface area contributed by atoms with Crippen molar-refractivity contribution in [3.8, 4) is 11.1 Å². The molecule has 2 nitrogen and oxygen atoms in total. The van der Waals surface area contributed by atoms with Gasteiger partial charge in [-0.05, 0) is 56.7 Å². The van der Waals surface area contributed by atoms with Gasteiger partial charge in [-0.25, -0.2) is 0 Å². The van der Waals surface area contributed by atoms with Gasteiger partial charge in [0.2, 0.25) is 0 Å². The Labute approximate surface area is 118 Å². The number of nitriles is 1. The Bertz CT molecular complexity index is 650. The molecular formula is C16H18N2S. The predicted octanol–water partition coefficient (Wildman–Crippen LogP) is 4.15. The first kappa shape index (κ1) is 12.5. The maximum Gasteiger partial charge on any atom is 0.118 e. The highest BCUT2D eigenvalue weighted by molar-refractivity contribution is 7.15. The fraction of sp³-hybridized carbons (Fsp3) is 0.438. The summed E-state index contributed by atoms with van der Waals surface area (Å²) in [7, 11) is 0. The lowest BCUT2D eigenvalue weighted by molar-refractivity contribution is 0.507. The Morgan fingerprint density at radius 2 is 2.00 bits per heavy atom. The highest BCUT2D eigenvalue weighted by Crippen LogP contribution is 2.39. The van der Waals surface area contributed by atoms with Gasteiger partial charge in [-0.3, -0.25) is 0 Å². The van der Waals surface area contributed by atoms with Crippen LogP contribution in [0.3, 0.4) is 0 Å². The summed E-state index contributed by atoms with van der Waals surface area (Å²) >= 11 is 1.82. The van der Waals surface area contributed by atoms with Gasteiger partial charge < -0.3 is 4.57 Å². The summed E-state index contributed by atoms with van der Waals surface area (Å²) in [6, 6.07) is 6.70. The third-order valence-corrected chi connectivity index (χ3v) is 5.32. The van der Waals surface area contributed by atoms with Crippen molar-refractivity contribution < 1.29 is 0 Å². The third-order valence-electron chi connectivity index (χ3n) is 4.08. The van der Waals surface area contributed by atoms with Crippen LogP contribution in [-0.2, 0) is 12.8 Å². The van der Waals surface area contributed by atoms with Gasteiger partial charge in [0, 0.05) is 16.3 Å². The molecule has 0 amide bonds. The van der Waals surface area contributed by atoms with E-state index >= 15 is 0 Å². The van der Waals surface area contributed by atoms with Gasteiger partial charge in [0.15, 0.2) is 0 Å². The largest absolute Gasteiger partial charge is 0.309 e. The van der Waals surface area contributed by atoms with Crippen LogP contribution < -0.4 is 0 Å². The van der Waals surface area contributed by atoms with Gasteiger partial charge in [0.05, 0.1) is 5.56 Å². The second-order valence-electron chi connectivity index (χ2n) is 5.60. The van der Waals surface area contributed by atoms with Gasteiger partial charge in [-0.2, -0.15) is 5.26 Å². The van der Waals surface area contributed by atoms with Crippen LogP contribution in [0.1, 0.15) is 40.7 Å². The van der Waals surface area contributed by atoms with Crippen LogP contribution in [0.2, 0.25) is 0 Å². The summed E-state index contributed by atoms with van der Waals surface area (Å²) in [4.78, 5) is 1.43. The number of hydrogen-bond donors (Lipinski definition) is 0. The minimum Gasteiger partial charge on any atom is -0.309 e. The quantitative estimate of drug-likeness (QED) is 0.765. The molecule has 0 radical (unpaired) electrons. The first-order valence-electron chi connectivity index (χ1n) is 6.81. The van der Waals surface area contributed by atoms with E-state index in [2.05, 4.69) is 43.5 Å². The highest BCUT2D eigenvalue weighted by Gasteiger charge is 2.25. The summed E-state index contributed by atoms with van der Waals surface area (Å²) in [5.74, 6) is 0.748. The van der Waals surface area contributed by atoms with Crippen molar-refractivity contribution in [2.45, 2.75) is 40.0 Å². The monoisotopic (exact) mass is 270 g/mol. The number of aromatic nitrogens is 1. The maximum atomic E-state index is 9.55. The Morgan fingerprint density at radius 3 is 2.63 bits per heavy atom. The second kappa shape index (κ2) is 4.54. The highest BCUT2D eigenvalue weighted by atomic mass is 32.1. The zero-order chi connectivity index (χ0) is 13.6. The summed E-state index contributed by atoms with van der Waals surface area (Å²) < 4.78 is 2.23. The molecule has 0 saturated carbocycles. The average molecular weight is 270 g/mol. The molecule has 1 atom stereocenters. The van der Waals surface area contributed by atoms with Crippen LogP contribution in [0.15, 0.2) is 12.1 Å². The van der Waals surface area contributed by atoms with Crippen molar-refractivity contribution in [3.05, 3.63) is 39.5 Å². The molecule has 98 valence electrons. The lowest BCUT2D eigenvalue weighted by Crippen LogP contribution is -2.09. The molecule has 0 N–H and O–H groups in total. The van der Waals surface area contributed by atoms with Crippen molar-refractivity contribution in [3.63, 3.8) is 0 Å². The first-order valence-corrected chi connectivity index (χ1v) is 7.63. The zero-order valence-electron chi connectivity index (χ0n) is 11.7. The number of fused-ring (bicyclic) bond motifs is 1. The van der Waals surface area contributed by atoms with Crippen LogP contribution in [-0.4, -0.2) is 4.57 Å². The van der Waals surface area contributed by atoms with Crippen LogP contribution in [0.25, 0.3) is 5.00 Å². The number of aryl methyl sites for hydroxylation is 2. The lowest BCUT2D eigenvalue weighted by Gasteiger charge is -2.17. The Hall–Kier alpha value is -1.53. The Balaban J connectivity index is 2.21. The Morgan fingerprint density at radius 1 is 1.32 bits per heavy atom. The average Bonchev–Trinajstić information content (AvgIpc) is 2.88. The second-order valence-corrected chi connectivity index (χ2v) is 6.68. The van der Waals surface area contributed by atoms with E-state index in [0.29, 0.717) is 0 Å². The SMILES string of the molecule is Cc1ccc(C)n1-c1sc2c(c1C#N)CC[C@H](C)C2. The number of nitrogens with zero attached hydrogens (tertiary/aromatic N) is 2. The molecule has 0 bridgehead atoms. The van der Waals surface area contributed by atoms with Crippen molar-refractivity contribution in [2.24, 2.45) is 5.92 Å². The van der Waals surface area contributed by atoms with E-state index in [-0.39, 0.29) is 0 Å². The van der Waals surface area contributed by atoms with Gasteiger partial charge in [0.1, 0.15) is 11.1 Å². The van der Waals surface area contributed by atoms with Gasteiger partial charge in [-0.1, -0.05) is 6.92 Å². The summed E-state index contributed by atoms with van der Waals surface area (Å²) in [5, 5.41) is 10.7. The van der Waals surface area contributed by atoms with Crippen LogP contribution >= 0.6 is 11.3 Å².